The highest BCUT2D eigenvalue weighted by Gasteiger charge is 2.27. The molecule has 0 spiro atoms. The Kier molecular flexibility index (Phi) is 4.52. The number of aromatic nitrogens is 1. The summed E-state index contributed by atoms with van der Waals surface area (Å²) in [6.45, 7) is 3.93. The fraction of sp³-hybridized carbons (Fsp3) is 0.350. The van der Waals surface area contributed by atoms with Gasteiger partial charge in [-0.05, 0) is 35.6 Å². The molecule has 3 heterocycles. The van der Waals surface area contributed by atoms with Gasteiger partial charge in [-0.15, -0.1) is 11.3 Å². The van der Waals surface area contributed by atoms with Crippen molar-refractivity contribution in [3.63, 3.8) is 0 Å². The Morgan fingerprint density at radius 3 is 2.80 bits per heavy atom. The summed E-state index contributed by atoms with van der Waals surface area (Å²) in [5.74, 6) is -0.378. The van der Waals surface area contributed by atoms with Gasteiger partial charge in [-0.1, -0.05) is 25.1 Å². The van der Waals surface area contributed by atoms with Crippen molar-refractivity contribution in [3.8, 4) is 0 Å². The molecular weight excluding hydrogens is 338 g/mol. The third kappa shape index (κ3) is 3.18. The number of thiophene rings is 1. The standard InChI is InChI=1S/C20H20F2N2S/c1-13(20-16(22)6-4-9-23-20)19-15-5-2-3-7-17(15)25-18(19)8-10-24-11-14(21)12-24/h2-7,9,13-14H,8,10-12H2,1H3. The van der Waals surface area contributed by atoms with E-state index in [1.54, 1.807) is 23.6 Å². The Labute approximate surface area is 150 Å². The molecule has 5 heteroatoms. The smallest absolute Gasteiger partial charge is 0.145 e. The summed E-state index contributed by atoms with van der Waals surface area (Å²) >= 11 is 1.76. The lowest BCUT2D eigenvalue weighted by molar-refractivity contribution is 0.0672. The van der Waals surface area contributed by atoms with E-state index < -0.39 is 6.17 Å². The number of likely N-dealkylation sites (tertiary alicyclic amines) is 1. The molecule has 0 amide bonds. The molecule has 1 fully saturated rings. The minimum absolute atomic E-state index is 0.113. The Morgan fingerprint density at radius 1 is 1.24 bits per heavy atom. The fourth-order valence-electron chi connectivity index (χ4n) is 3.58. The summed E-state index contributed by atoms with van der Waals surface area (Å²) in [5.41, 5.74) is 1.65. The van der Waals surface area contributed by atoms with Crippen molar-refractivity contribution in [1.82, 2.24) is 9.88 Å². The molecule has 2 nitrogen and oxygen atoms in total. The molecule has 0 radical (unpaired) electrons. The van der Waals surface area contributed by atoms with Crippen molar-refractivity contribution in [2.45, 2.75) is 25.4 Å². The number of benzene rings is 1. The second-order valence-electron chi connectivity index (χ2n) is 6.63. The van der Waals surface area contributed by atoms with Crippen molar-refractivity contribution in [3.05, 3.63) is 64.5 Å². The van der Waals surface area contributed by atoms with Crippen LogP contribution in [0.3, 0.4) is 0 Å². The van der Waals surface area contributed by atoms with Gasteiger partial charge < -0.3 is 0 Å². The van der Waals surface area contributed by atoms with E-state index >= 15 is 0 Å². The van der Waals surface area contributed by atoms with E-state index in [1.165, 1.54) is 21.0 Å². The van der Waals surface area contributed by atoms with Gasteiger partial charge >= 0.3 is 0 Å². The molecule has 1 saturated heterocycles. The van der Waals surface area contributed by atoms with Crippen LogP contribution in [-0.4, -0.2) is 35.7 Å². The molecular formula is C20H20F2N2S. The number of pyridine rings is 1. The van der Waals surface area contributed by atoms with Gasteiger partial charge in [0.05, 0.1) is 5.69 Å². The van der Waals surface area contributed by atoms with E-state index in [0.29, 0.717) is 18.8 Å². The first-order valence-electron chi connectivity index (χ1n) is 8.60. The molecule has 3 aromatic rings. The highest BCUT2D eigenvalue weighted by atomic mass is 32.1. The maximum atomic E-state index is 14.3. The van der Waals surface area contributed by atoms with Crippen LogP contribution in [0.5, 0.6) is 0 Å². The number of nitrogens with zero attached hydrogens (tertiary/aromatic N) is 2. The average Bonchev–Trinajstić information content (AvgIpc) is 2.96. The zero-order valence-corrected chi connectivity index (χ0v) is 14.9. The molecule has 4 rings (SSSR count). The minimum Gasteiger partial charge on any atom is -0.297 e. The maximum Gasteiger partial charge on any atom is 0.145 e. The average molecular weight is 358 g/mol. The summed E-state index contributed by atoms with van der Waals surface area (Å²) in [5, 5.41) is 1.17. The normalized spacial score (nSPS) is 16.9. The molecule has 1 aromatic carbocycles. The molecule has 2 aromatic heterocycles. The lowest BCUT2D eigenvalue weighted by atomic mass is 9.93. The Hall–Kier alpha value is -1.85. The van der Waals surface area contributed by atoms with E-state index in [2.05, 4.69) is 22.0 Å². The molecule has 130 valence electrons. The van der Waals surface area contributed by atoms with Crippen LogP contribution >= 0.6 is 11.3 Å². The number of alkyl halides is 1. The van der Waals surface area contributed by atoms with Gasteiger partial charge in [-0.3, -0.25) is 9.88 Å². The second kappa shape index (κ2) is 6.81. The molecule has 1 atom stereocenters. The Balaban J connectivity index is 1.70. The third-order valence-corrected chi connectivity index (χ3v) is 6.15. The summed E-state index contributed by atoms with van der Waals surface area (Å²) in [4.78, 5) is 7.67. The largest absolute Gasteiger partial charge is 0.297 e. The number of fused-ring (bicyclic) bond motifs is 1. The van der Waals surface area contributed by atoms with Crippen molar-refractivity contribution in [2.75, 3.05) is 19.6 Å². The van der Waals surface area contributed by atoms with Crippen LogP contribution in [0.1, 0.15) is 29.0 Å². The number of rotatable bonds is 5. The number of hydrogen-bond acceptors (Lipinski definition) is 3. The van der Waals surface area contributed by atoms with Crippen molar-refractivity contribution in [2.24, 2.45) is 0 Å². The van der Waals surface area contributed by atoms with Crippen LogP contribution in [0.15, 0.2) is 42.6 Å². The van der Waals surface area contributed by atoms with E-state index in [0.717, 1.165) is 18.5 Å². The Morgan fingerprint density at radius 2 is 2.04 bits per heavy atom. The first kappa shape index (κ1) is 16.6. The third-order valence-electron chi connectivity index (χ3n) is 4.91. The van der Waals surface area contributed by atoms with Crippen molar-refractivity contribution in [1.29, 1.82) is 0 Å². The van der Waals surface area contributed by atoms with Crippen LogP contribution in [0.25, 0.3) is 10.1 Å². The second-order valence-corrected chi connectivity index (χ2v) is 7.77. The number of halogens is 2. The molecule has 0 N–H and O–H groups in total. The molecule has 1 aliphatic rings. The first-order chi connectivity index (χ1) is 12.1. The van der Waals surface area contributed by atoms with Crippen LogP contribution in [-0.2, 0) is 6.42 Å². The van der Waals surface area contributed by atoms with Gasteiger partial charge in [-0.2, -0.15) is 0 Å². The van der Waals surface area contributed by atoms with E-state index in [1.807, 2.05) is 19.1 Å². The van der Waals surface area contributed by atoms with Crippen LogP contribution in [0.4, 0.5) is 8.78 Å². The van der Waals surface area contributed by atoms with Gasteiger partial charge in [-0.25, -0.2) is 8.78 Å². The summed E-state index contributed by atoms with van der Waals surface area (Å²) in [7, 11) is 0. The van der Waals surface area contributed by atoms with E-state index in [-0.39, 0.29) is 11.7 Å². The molecule has 0 aliphatic carbocycles. The minimum atomic E-state index is -0.677. The van der Waals surface area contributed by atoms with Gasteiger partial charge in [0, 0.05) is 41.3 Å². The molecule has 0 saturated carbocycles. The highest BCUT2D eigenvalue weighted by Crippen LogP contribution is 2.39. The quantitative estimate of drug-likeness (QED) is 0.652. The first-order valence-corrected chi connectivity index (χ1v) is 9.42. The molecule has 1 aliphatic heterocycles. The number of hydrogen-bond donors (Lipinski definition) is 0. The van der Waals surface area contributed by atoms with Crippen molar-refractivity contribution < 1.29 is 8.78 Å². The van der Waals surface area contributed by atoms with Crippen LogP contribution in [0.2, 0.25) is 0 Å². The van der Waals surface area contributed by atoms with Crippen LogP contribution < -0.4 is 0 Å². The van der Waals surface area contributed by atoms with E-state index in [4.69, 9.17) is 0 Å². The predicted octanol–water partition coefficient (Wildman–Crippen LogP) is 4.78. The molecule has 1 unspecified atom stereocenters. The maximum absolute atomic E-state index is 14.3. The molecule has 0 bridgehead atoms. The summed E-state index contributed by atoms with van der Waals surface area (Å²) < 4.78 is 28.5. The van der Waals surface area contributed by atoms with Gasteiger partial charge in [0.15, 0.2) is 0 Å². The summed E-state index contributed by atoms with van der Waals surface area (Å²) in [6, 6.07) is 11.3. The zero-order chi connectivity index (χ0) is 17.4. The van der Waals surface area contributed by atoms with Gasteiger partial charge in [0.25, 0.3) is 0 Å². The Bertz CT molecular complexity index is 886. The van der Waals surface area contributed by atoms with Gasteiger partial charge in [0.2, 0.25) is 0 Å². The monoisotopic (exact) mass is 358 g/mol. The SMILES string of the molecule is CC(c1ncccc1F)c1c(CCN2CC(F)C2)sc2ccccc12. The van der Waals surface area contributed by atoms with Crippen molar-refractivity contribution >= 4 is 21.4 Å². The predicted molar refractivity (Wildman–Crippen MR) is 98.6 cm³/mol. The fourth-order valence-corrected chi connectivity index (χ4v) is 4.87. The van der Waals surface area contributed by atoms with E-state index in [9.17, 15) is 8.78 Å². The van der Waals surface area contributed by atoms with Crippen LogP contribution in [0, 0.1) is 5.82 Å². The lowest BCUT2D eigenvalue weighted by Crippen LogP contribution is -2.48. The topological polar surface area (TPSA) is 16.1 Å². The highest BCUT2D eigenvalue weighted by molar-refractivity contribution is 7.19. The molecule has 25 heavy (non-hydrogen) atoms. The lowest BCUT2D eigenvalue weighted by Gasteiger charge is -2.34. The summed E-state index contributed by atoms with van der Waals surface area (Å²) in [6.07, 6.45) is 1.83. The zero-order valence-electron chi connectivity index (χ0n) is 14.1. The van der Waals surface area contributed by atoms with Gasteiger partial charge in [0.1, 0.15) is 12.0 Å².